The Kier molecular flexibility index (Phi) is 6.39. The maximum absolute atomic E-state index is 12.3. The van der Waals surface area contributed by atoms with Crippen LogP contribution in [0.5, 0.6) is 0 Å². The molecule has 2 atom stereocenters. The van der Waals surface area contributed by atoms with Crippen LogP contribution < -0.4 is 9.62 Å². The van der Waals surface area contributed by atoms with Crippen LogP contribution in [-0.2, 0) is 21.2 Å². The van der Waals surface area contributed by atoms with Gasteiger partial charge in [0.2, 0.25) is 10.0 Å². The van der Waals surface area contributed by atoms with Crippen molar-refractivity contribution in [1.29, 1.82) is 0 Å². The molecule has 0 aromatic heterocycles. The van der Waals surface area contributed by atoms with Crippen molar-refractivity contribution >= 4 is 21.4 Å². The van der Waals surface area contributed by atoms with Gasteiger partial charge in [-0.25, -0.2) is 8.42 Å². The van der Waals surface area contributed by atoms with E-state index in [1.54, 1.807) is 0 Å². The molecule has 1 aliphatic heterocycles. The minimum absolute atomic E-state index is 0.113. The molecule has 3 rings (SSSR count). The number of ether oxygens (including phenoxy) is 1. The third-order valence-electron chi connectivity index (χ3n) is 4.80. The molecule has 0 spiro atoms. The first kappa shape index (κ1) is 19.7. The second-order valence-corrected chi connectivity index (χ2v) is 9.04. The van der Waals surface area contributed by atoms with Crippen molar-refractivity contribution < 1.29 is 13.2 Å². The molecule has 1 saturated heterocycles. The molecule has 2 aromatic rings. The summed E-state index contributed by atoms with van der Waals surface area (Å²) in [6.45, 7) is 5.74. The van der Waals surface area contributed by atoms with Gasteiger partial charge < -0.3 is 9.64 Å². The van der Waals surface area contributed by atoms with Gasteiger partial charge in [-0.1, -0.05) is 30.3 Å². The van der Waals surface area contributed by atoms with E-state index in [0.717, 1.165) is 24.2 Å². The van der Waals surface area contributed by atoms with Crippen LogP contribution in [0.4, 0.5) is 11.4 Å². The average molecular weight is 389 g/mol. The minimum Gasteiger partial charge on any atom is -0.375 e. The number of rotatable bonds is 7. The van der Waals surface area contributed by atoms with Crippen molar-refractivity contribution in [3.05, 3.63) is 60.2 Å². The largest absolute Gasteiger partial charge is 0.375 e. The number of anilines is 2. The molecule has 27 heavy (non-hydrogen) atoms. The van der Waals surface area contributed by atoms with Crippen molar-refractivity contribution in [2.24, 2.45) is 0 Å². The van der Waals surface area contributed by atoms with E-state index in [1.165, 1.54) is 0 Å². The quantitative estimate of drug-likeness (QED) is 0.786. The van der Waals surface area contributed by atoms with Gasteiger partial charge in [-0.3, -0.25) is 4.72 Å². The van der Waals surface area contributed by atoms with Gasteiger partial charge in [-0.05, 0) is 56.5 Å². The van der Waals surface area contributed by atoms with Crippen LogP contribution in [-0.4, -0.2) is 39.5 Å². The lowest BCUT2D eigenvalue weighted by atomic mass is 10.1. The summed E-state index contributed by atoms with van der Waals surface area (Å²) in [5, 5.41) is 0. The first-order valence-corrected chi connectivity index (χ1v) is 11.1. The van der Waals surface area contributed by atoms with E-state index in [1.807, 2.05) is 54.6 Å². The average Bonchev–Trinajstić information content (AvgIpc) is 2.65. The summed E-state index contributed by atoms with van der Waals surface area (Å²) in [6, 6.07) is 17.9. The molecular formula is C21H28N2O3S. The monoisotopic (exact) mass is 388 g/mol. The number of nitrogens with zero attached hydrogens (tertiary/aromatic N) is 1. The standard InChI is InChI=1S/C21H28N2O3S/c1-17-16-26-18(2)15-23(17)21-12-10-20(11-13-21)22-27(24,25)14-6-9-19-7-4-3-5-8-19/h3-5,7-8,10-13,17-18,22H,6,9,14-16H2,1-2H3. The van der Waals surface area contributed by atoms with E-state index >= 15 is 0 Å². The molecule has 1 fully saturated rings. The lowest BCUT2D eigenvalue weighted by molar-refractivity contribution is 0.0344. The number of hydrogen-bond donors (Lipinski definition) is 1. The molecule has 0 bridgehead atoms. The van der Waals surface area contributed by atoms with Crippen LogP contribution in [0, 0.1) is 0 Å². The molecule has 6 heteroatoms. The Bertz CT molecular complexity index is 822. The second kappa shape index (κ2) is 8.76. The zero-order valence-corrected chi connectivity index (χ0v) is 16.8. The van der Waals surface area contributed by atoms with Crippen LogP contribution in [0.1, 0.15) is 25.8 Å². The molecular weight excluding hydrogens is 360 g/mol. The van der Waals surface area contributed by atoms with E-state index in [4.69, 9.17) is 4.74 Å². The van der Waals surface area contributed by atoms with E-state index in [9.17, 15) is 8.42 Å². The molecule has 0 radical (unpaired) electrons. The van der Waals surface area contributed by atoms with Gasteiger partial charge in [0.1, 0.15) is 0 Å². The van der Waals surface area contributed by atoms with Crippen molar-refractivity contribution in [3.63, 3.8) is 0 Å². The summed E-state index contributed by atoms with van der Waals surface area (Å²) >= 11 is 0. The fourth-order valence-corrected chi connectivity index (χ4v) is 4.45. The van der Waals surface area contributed by atoms with Gasteiger partial charge in [0.15, 0.2) is 0 Å². The molecule has 0 saturated carbocycles. The lowest BCUT2D eigenvalue weighted by Crippen LogP contribution is -2.47. The van der Waals surface area contributed by atoms with Gasteiger partial charge in [0.25, 0.3) is 0 Å². The number of aryl methyl sites for hydroxylation is 1. The fraction of sp³-hybridized carbons (Fsp3) is 0.429. The first-order chi connectivity index (χ1) is 12.9. The number of nitrogens with one attached hydrogen (secondary N) is 1. The summed E-state index contributed by atoms with van der Waals surface area (Å²) in [5.41, 5.74) is 2.85. The molecule has 2 aromatic carbocycles. The van der Waals surface area contributed by atoms with E-state index in [0.29, 0.717) is 24.8 Å². The number of benzene rings is 2. The molecule has 146 valence electrons. The highest BCUT2D eigenvalue weighted by Gasteiger charge is 2.23. The van der Waals surface area contributed by atoms with E-state index < -0.39 is 10.0 Å². The number of morpholine rings is 1. The van der Waals surface area contributed by atoms with Crippen LogP contribution in [0.3, 0.4) is 0 Å². The molecule has 2 unspecified atom stereocenters. The first-order valence-electron chi connectivity index (χ1n) is 9.46. The fourth-order valence-electron chi connectivity index (χ4n) is 3.33. The van der Waals surface area contributed by atoms with Gasteiger partial charge in [-0.15, -0.1) is 0 Å². The third-order valence-corrected chi connectivity index (χ3v) is 6.17. The highest BCUT2D eigenvalue weighted by atomic mass is 32.2. The van der Waals surface area contributed by atoms with Crippen molar-refractivity contribution in [1.82, 2.24) is 0 Å². The Morgan fingerprint density at radius 3 is 2.48 bits per heavy atom. The normalized spacial score (nSPS) is 20.4. The topological polar surface area (TPSA) is 58.6 Å². The Balaban J connectivity index is 1.55. The summed E-state index contributed by atoms with van der Waals surface area (Å²) in [6.07, 6.45) is 1.55. The second-order valence-electron chi connectivity index (χ2n) is 7.20. The van der Waals surface area contributed by atoms with Crippen LogP contribution in [0.25, 0.3) is 0 Å². The Hall–Kier alpha value is -2.05. The number of hydrogen-bond acceptors (Lipinski definition) is 4. The highest BCUT2D eigenvalue weighted by Crippen LogP contribution is 2.24. The highest BCUT2D eigenvalue weighted by molar-refractivity contribution is 7.92. The van der Waals surface area contributed by atoms with Gasteiger partial charge >= 0.3 is 0 Å². The summed E-state index contributed by atoms with van der Waals surface area (Å²) in [4.78, 5) is 2.30. The molecule has 1 N–H and O–H groups in total. The maximum Gasteiger partial charge on any atom is 0.232 e. The van der Waals surface area contributed by atoms with Crippen molar-refractivity contribution in [3.8, 4) is 0 Å². The summed E-state index contributed by atoms with van der Waals surface area (Å²) in [5.74, 6) is 0.113. The Labute approximate surface area is 162 Å². The van der Waals surface area contributed by atoms with E-state index in [2.05, 4.69) is 23.5 Å². The zero-order chi connectivity index (χ0) is 19.3. The predicted molar refractivity (Wildman–Crippen MR) is 111 cm³/mol. The van der Waals surface area contributed by atoms with Crippen molar-refractivity contribution in [2.45, 2.75) is 38.8 Å². The lowest BCUT2D eigenvalue weighted by Gasteiger charge is -2.38. The molecule has 1 aliphatic rings. The summed E-state index contributed by atoms with van der Waals surface area (Å²) < 4.78 is 33.0. The smallest absolute Gasteiger partial charge is 0.232 e. The van der Waals surface area contributed by atoms with Gasteiger partial charge in [0.05, 0.1) is 18.5 Å². The minimum atomic E-state index is -3.35. The van der Waals surface area contributed by atoms with Gasteiger partial charge in [0, 0.05) is 24.0 Å². The van der Waals surface area contributed by atoms with Crippen molar-refractivity contribution in [2.75, 3.05) is 28.5 Å². The molecule has 1 heterocycles. The van der Waals surface area contributed by atoms with Gasteiger partial charge in [-0.2, -0.15) is 0 Å². The SMILES string of the molecule is CC1CN(c2ccc(NS(=O)(=O)CCCc3ccccc3)cc2)C(C)CO1. The Morgan fingerprint density at radius 1 is 1.07 bits per heavy atom. The predicted octanol–water partition coefficient (Wildman–Crippen LogP) is 3.67. The summed E-state index contributed by atoms with van der Waals surface area (Å²) in [7, 11) is -3.35. The molecule has 0 aliphatic carbocycles. The molecule has 5 nitrogen and oxygen atoms in total. The van der Waals surface area contributed by atoms with Crippen LogP contribution in [0.2, 0.25) is 0 Å². The zero-order valence-electron chi connectivity index (χ0n) is 16.0. The van der Waals surface area contributed by atoms with E-state index in [-0.39, 0.29) is 11.9 Å². The Morgan fingerprint density at radius 2 is 1.78 bits per heavy atom. The number of sulfonamides is 1. The molecule has 0 amide bonds. The third kappa shape index (κ3) is 5.71. The van der Waals surface area contributed by atoms with Crippen LogP contribution in [0.15, 0.2) is 54.6 Å². The van der Waals surface area contributed by atoms with Crippen LogP contribution >= 0.6 is 0 Å². The maximum atomic E-state index is 12.3.